The SMILES string of the molecule is Cc1ccc(CCC(=O)N2C[C@@H](C)[C@H](C(=O)O)C2)cc1. The van der Waals surface area contributed by atoms with Gasteiger partial charge in [0.15, 0.2) is 0 Å². The van der Waals surface area contributed by atoms with E-state index in [1.54, 1.807) is 4.90 Å². The van der Waals surface area contributed by atoms with Crippen molar-refractivity contribution in [1.29, 1.82) is 0 Å². The van der Waals surface area contributed by atoms with Gasteiger partial charge in [0.25, 0.3) is 0 Å². The Balaban J connectivity index is 1.87. The van der Waals surface area contributed by atoms with Crippen LogP contribution in [-0.4, -0.2) is 35.0 Å². The molecule has 108 valence electrons. The van der Waals surface area contributed by atoms with E-state index in [0.717, 1.165) is 5.56 Å². The minimum atomic E-state index is -0.800. The zero-order chi connectivity index (χ0) is 14.7. The molecule has 4 nitrogen and oxygen atoms in total. The van der Waals surface area contributed by atoms with Crippen LogP contribution in [-0.2, 0) is 16.0 Å². The van der Waals surface area contributed by atoms with E-state index in [0.29, 0.717) is 25.9 Å². The number of amides is 1. The second-order valence-electron chi connectivity index (χ2n) is 5.71. The van der Waals surface area contributed by atoms with Gasteiger partial charge in [0.1, 0.15) is 0 Å². The quantitative estimate of drug-likeness (QED) is 0.915. The molecule has 0 bridgehead atoms. The third-order valence-corrected chi connectivity index (χ3v) is 4.03. The maximum absolute atomic E-state index is 12.1. The maximum atomic E-state index is 12.1. The van der Waals surface area contributed by atoms with E-state index in [1.165, 1.54) is 5.56 Å². The molecule has 2 atom stereocenters. The zero-order valence-corrected chi connectivity index (χ0v) is 12.0. The zero-order valence-electron chi connectivity index (χ0n) is 12.0. The molecule has 0 unspecified atom stereocenters. The summed E-state index contributed by atoms with van der Waals surface area (Å²) in [6.45, 7) is 4.84. The minimum absolute atomic E-state index is 0.0378. The third kappa shape index (κ3) is 3.38. The van der Waals surface area contributed by atoms with Crippen molar-refractivity contribution in [2.45, 2.75) is 26.7 Å². The van der Waals surface area contributed by atoms with E-state index in [4.69, 9.17) is 5.11 Å². The van der Waals surface area contributed by atoms with Gasteiger partial charge in [0.2, 0.25) is 5.91 Å². The number of hydrogen-bond donors (Lipinski definition) is 1. The summed E-state index contributed by atoms with van der Waals surface area (Å²) < 4.78 is 0. The number of nitrogens with zero attached hydrogens (tertiary/aromatic N) is 1. The van der Waals surface area contributed by atoms with Crippen LogP contribution in [0.2, 0.25) is 0 Å². The number of carbonyl (C=O) groups is 2. The lowest BCUT2D eigenvalue weighted by atomic mass is 9.99. The molecule has 1 N–H and O–H groups in total. The fourth-order valence-corrected chi connectivity index (χ4v) is 2.66. The van der Waals surface area contributed by atoms with Gasteiger partial charge in [0.05, 0.1) is 5.92 Å². The Labute approximate surface area is 119 Å². The monoisotopic (exact) mass is 275 g/mol. The van der Waals surface area contributed by atoms with Crippen LogP contribution >= 0.6 is 0 Å². The average Bonchev–Trinajstić information content (AvgIpc) is 2.80. The lowest BCUT2D eigenvalue weighted by molar-refractivity contribution is -0.142. The van der Waals surface area contributed by atoms with Gasteiger partial charge < -0.3 is 10.0 Å². The van der Waals surface area contributed by atoms with Crippen LogP contribution in [0.4, 0.5) is 0 Å². The Hall–Kier alpha value is -1.84. The normalized spacial score (nSPS) is 22.0. The number of hydrogen-bond acceptors (Lipinski definition) is 2. The fraction of sp³-hybridized carbons (Fsp3) is 0.500. The molecular weight excluding hydrogens is 254 g/mol. The second kappa shape index (κ2) is 6.07. The molecule has 0 radical (unpaired) electrons. The van der Waals surface area contributed by atoms with Crippen molar-refractivity contribution < 1.29 is 14.7 Å². The van der Waals surface area contributed by atoms with Crippen molar-refractivity contribution in [3.8, 4) is 0 Å². The largest absolute Gasteiger partial charge is 0.481 e. The number of carboxylic acids is 1. The summed E-state index contributed by atoms with van der Waals surface area (Å²) in [6.07, 6.45) is 1.16. The topological polar surface area (TPSA) is 57.6 Å². The molecule has 1 aliphatic heterocycles. The van der Waals surface area contributed by atoms with E-state index in [2.05, 4.69) is 0 Å². The summed E-state index contributed by atoms with van der Waals surface area (Å²) in [4.78, 5) is 24.9. The summed E-state index contributed by atoms with van der Waals surface area (Å²) >= 11 is 0. The number of carbonyl (C=O) groups excluding carboxylic acids is 1. The Morgan fingerprint density at radius 3 is 2.45 bits per heavy atom. The molecule has 0 aromatic heterocycles. The first-order chi connectivity index (χ1) is 9.47. The minimum Gasteiger partial charge on any atom is -0.481 e. The smallest absolute Gasteiger partial charge is 0.308 e. The number of aryl methyl sites for hydroxylation is 2. The molecule has 2 rings (SSSR count). The van der Waals surface area contributed by atoms with Gasteiger partial charge in [-0.15, -0.1) is 0 Å². The molecule has 1 fully saturated rings. The number of carboxylic acid groups (broad SMARTS) is 1. The molecule has 1 saturated heterocycles. The maximum Gasteiger partial charge on any atom is 0.308 e. The van der Waals surface area contributed by atoms with Crippen LogP contribution in [0.1, 0.15) is 24.5 Å². The summed E-state index contributed by atoms with van der Waals surface area (Å²) in [5.41, 5.74) is 2.35. The standard InChI is InChI=1S/C16H21NO3/c1-11-3-5-13(6-4-11)7-8-15(18)17-9-12(2)14(10-17)16(19)20/h3-6,12,14H,7-10H2,1-2H3,(H,19,20)/t12-,14-/m1/s1. The predicted octanol–water partition coefficient (Wildman–Crippen LogP) is 2.11. The summed E-state index contributed by atoms with van der Waals surface area (Å²) in [7, 11) is 0. The Morgan fingerprint density at radius 2 is 1.90 bits per heavy atom. The van der Waals surface area contributed by atoms with Gasteiger partial charge in [-0.3, -0.25) is 9.59 Å². The Kier molecular flexibility index (Phi) is 4.42. The molecule has 1 amide bonds. The highest BCUT2D eigenvalue weighted by atomic mass is 16.4. The summed E-state index contributed by atoms with van der Waals surface area (Å²) in [6, 6.07) is 8.15. The van der Waals surface area contributed by atoms with Crippen LogP contribution in [0.25, 0.3) is 0 Å². The van der Waals surface area contributed by atoms with Crippen molar-refractivity contribution >= 4 is 11.9 Å². The molecule has 1 aliphatic rings. The van der Waals surface area contributed by atoms with Crippen LogP contribution < -0.4 is 0 Å². The highest BCUT2D eigenvalue weighted by molar-refractivity contribution is 5.79. The molecule has 1 aromatic rings. The van der Waals surface area contributed by atoms with Gasteiger partial charge in [-0.2, -0.15) is 0 Å². The lowest BCUT2D eigenvalue weighted by Gasteiger charge is -2.15. The predicted molar refractivity (Wildman–Crippen MR) is 76.4 cm³/mol. The van der Waals surface area contributed by atoms with E-state index in [9.17, 15) is 9.59 Å². The third-order valence-electron chi connectivity index (χ3n) is 4.03. The number of aliphatic carboxylic acids is 1. The Morgan fingerprint density at radius 1 is 1.25 bits per heavy atom. The van der Waals surface area contributed by atoms with Crippen LogP contribution in [0.3, 0.4) is 0 Å². The van der Waals surface area contributed by atoms with Crippen molar-refractivity contribution in [2.75, 3.05) is 13.1 Å². The molecule has 1 aromatic carbocycles. The van der Waals surface area contributed by atoms with Crippen LogP contribution in [0.5, 0.6) is 0 Å². The van der Waals surface area contributed by atoms with Crippen molar-refractivity contribution in [3.63, 3.8) is 0 Å². The van der Waals surface area contributed by atoms with Gasteiger partial charge in [-0.05, 0) is 24.8 Å². The van der Waals surface area contributed by atoms with Crippen molar-refractivity contribution in [1.82, 2.24) is 4.90 Å². The van der Waals surface area contributed by atoms with Crippen molar-refractivity contribution in [3.05, 3.63) is 35.4 Å². The molecule has 20 heavy (non-hydrogen) atoms. The molecule has 0 aliphatic carbocycles. The number of rotatable bonds is 4. The highest BCUT2D eigenvalue weighted by Gasteiger charge is 2.36. The van der Waals surface area contributed by atoms with E-state index in [-0.39, 0.29) is 11.8 Å². The molecule has 0 spiro atoms. The molecular formula is C16H21NO3. The van der Waals surface area contributed by atoms with E-state index in [1.807, 2.05) is 38.1 Å². The fourth-order valence-electron chi connectivity index (χ4n) is 2.66. The first-order valence-electron chi connectivity index (χ1n) is 7.03. The lowest BCUT2D eigenvalue weighted by Crippen LogP contribution is -2.30. The van der Waals surface area contributed by atoms with Gasteiger partial charge in [-0.1, -0.05) is 36.8 Å². The van der Waals surface area contributed by atoms with Crippen molar-refractivity contribution in [2.24, 2.45) is 11.8 Å². The second-order valence-corrected chi connectivity index (χ2v) is 5.71. The first kappa shape index (κ1) is 14.6. The number of likely N-dealkylation sites (tertiary alicyclic amines) is 1. The molecule has 1 heterocycles. The summed E-state index contributed by atoms with van der Waals surface area (Å²) in [5, 5.41) is 9.08. The molecule has 0 saturated carbocycles. The van der Waals surface area contributed by atoms with Gasteiger partial charge in [0, 0.05) is 19.5 Å². The van der Waals surface area contributed by atoms with Crippen LogP contribution in [0.15, 0.2) is 24.3 Å². The first-order valence-corrected chi connectivity index (χ1v) is 7.03. The van der Waals surface area contributed by atoms with Crippen LogP contribution in [0, 0.1) is 18.8 Å². The highest BCUT2D eigenvalue weighted by Crippen LogP contribution is 2.24. The van der Waals surface area contributed by atoms with E-state index >= 15 is 0 Å². The average molecular weight is 275 g/mol. The van der Waals surface area contributed by atoms with Gasteiger partial charge >= 0.3 is 5.97 Å². The Bertz CT molecular complexity index is 495. The summed E-state index contributed by atoms with van der Waals surface area (Å²) in [5.74, 6) is -1.12. The van der Waals surface area contributed by atoms with Gasteiger partial charge in [-0.25, -0.2) is 0 Å². The number of benzene rings is 1. The molecule has 4 heteroatoms. The van der Waals surface area contributed by atoms with E-state index < -0.39 is 11.9 Å².